The molecule has 6 nitrogen and oxygen atoms in total. The number of hydrogen-bond acceptors (Lipinski definition) is 6. The lowest BCUT2D eigenvalue weighted by Crippen LogP contribution is -2.30. The van der Waals surface area contributed by atoms with Gasteiger partial charge < -0.3 is 14.2 Å². The van der Waals surface area contributed by atoms with Crippen LogP contribution in [0.4, 0.5) is 0 Å². The van der Waals surface area contributed by atoms with Gasteiger partial charge in [-0.25, -0.2) is 0 Å². The maximum absolute atomic E-state index is 12.9. The Hall–Kier alpha value is -3.41. The van der Waals surface area contributed by atoms with Crippen molar-refractivity contribution in [3.05, 3.63) is 85.1 Å². The van der Waals surface area contributed by atoms with Crippen LogP contribution in [0.25, 0.3) is 0 Å². The third-order valence-electron chi connectivity index (χ3n) is 13.6. The van der Waals surface area contributed by atoms with Crippen LogP contribution in [0.1, 0.15) is 310 Å². The molecule has 1 atom stereocenters. The molecule has 0 aromatic carbocycles. The Morgan fingerprint density at radius 3 is 0.838 bits per heavy atom. The summed E-state index contributed by atoms with van der Waals surface area (Å²) in [5.41, 5.74) is 0. The predicted octanol–water partition coefficient (Wildman–Crippen LogP) is 21.5. The average molecular weight is 1030 g/mol. The van der Waals surface area contributed by atoms with Crippen molar-refractivity contribution in [3.63, 3.8) is 0 Å². The quantitative estimate of drug-likeness (QED) is 0.0261. The van der Waals surface area contributed by atoms with Crippen molar-refractivity contribution in [1.29, 1.82) is 0 Å². The van der Waals surface area contributed by atoms with Crippen LogP contribution in [-0.2, 0) is 28.6 Å². The minimum absolute atomic E-state index is 0.0869. The van der Waals surface area contributed by atoms with Crippen molar-refractivity contribution >= 4 is 17.9 Å². The first-order chi connectivity index (χ1) is 36.5. The molecule has 0 rings (SSSR count). The van der Waals surface area contributed by atoms with Crippen molar-refractivity contribution in [2.45, 2.75) is 316 Å². The van der Waals surface area contributed by atoms with E-state index in [1.54, 1.807) is 0 Å². The van der Waals surface area contributed by atoms with Crippen molar-refractivity contribution < 1.29 is 28.6 Å². The van der Waals surface area contributed by atoms with Crippen LogP contribution < -0.4 is 0 Å². The van der Waals surface area contributed by atoms with E-state index in [0.717, 1.165) is 116 Å². The molecule has 0 aromatic rings. The number of hydrogen-bond donors (Lipinski definition) is 0. The lowest BCUT2D eigenvalue weighted by molar-refractivity contribution is -0.167. The van der Waals surface area contributed by atoms with Crippen LogP contribution in [0.15, 0.2) is 85.1 Å². The van der Waals surface area contributed by atoms with E-state index in [9.17, 15) is 14.4 Å². The maximum Gasteiger partial charge on any atom is 0.306 e. The van der Waals surface area contributed by atoms with Crippen molar-refractivity contribution in [1.82, 2.24) is 0 Å². The maximum atomic E-state index is 12.9. The zero-order chi connectivity index (χ0) is 53.6. The molecule has 0 bridgehead atoms. The number of ether oxygens (including phenoxy) is 3. The van der Waals surface area contributed by atoms with Crippen LogP contribution in [0, 0.1) is 0 Å². The molecule has 0 aliphatic carbocycles. The molecule has 0 aliphatic rings. The number of allylic oxidation sites excluding steroid dienone is 14. The van der Waals surface area contributed by atoms with E-state index >= 15 is 0 Å². The van der Waals surface area contributed by atoms with E-state index in [0.29, 0.717) is 19.3 Å². The summed E-state index contributed by atoms with van der Waals surface area (Å²) in [4.78, 5) is 38.3. The highest BCUT2D eigenvalue weighted by molar-refractivity contribution is 5.71. The zero-order valence-electron chi connectivity index (χ0n) is 48.8. The molecular formula is C68H118O6. The lowest BCUT2D eigenvalue weighted by atomic mass is 10.1. The molecule has 0 saturated carbocycles. The van der Waals surface area contributed by atoms with Gasteiger partial charge in [0.05, 0.1) is 0 Å². The fourth-order valence-electron chi connectivity index (χ4n) is 8.87. The summed E-state index contributed by atoms with van der Waals surface area (Å²) in [6.07, 6.45) is 81.5. The third kappa shape index (κ3) is 59.5. The van der Waals surface area contributed by atoms with Crippen LogP contribution in [-0.4, -0.2) is 37.2 Å². The van der Waals surface area contributed by atoms with Crippen molar-refractivity contribution in [2.24, 2.45) is 0 Å². The third-order valence-corrected chi connectivity index (χ3v) is 13.6. The highest BCUT2D eigenvalue weighted by Crippen LogP contribution is 2.16. The van der Waals surface area contributed by atoms with Gasteiger partial charge in [-0.2, -0.15) is 0 Å². The topological polar surface area (TPSA) is 78.9 Å². The Morgan fingerprint density at radius 2 is 0.527 bits per heavy atom. The largest absolute Gasteiger partial charge is 0.462 e. The number of rotatable bonds is 57. The molecule has 74 heavy (non-hydrogen) atoms. The van der Waals surface area contributed by atoms with E-state index in [1.807, 2.05) is 0 Å². The summed E-state index contributed by atoms with van der Waals surface area (Å²) in [5, 5.41) is 0. The second-order valence-corrected chi connectivity index (χ2v) is 20.9. The molecule has 0 spiro atoms. The van der Waals surface area contributed by atoms with E-state index < -0.39 is 6.10 Å². The zero-order valence-corrected chi connectivity index (χ0v) is 48.8. The minimum atomic E-state index is -0.791. The highest BCUT2D eigenvalue weighted by atomic mass is 16.6. The summed E-state index contributed by atoms with van der Waals surface area (Å²) < 4.78 is 16.9. The second kappa shape index (κ2) is 62.1. The van der Waals surface area contributed by atoms with E-state index in [4.69, 9.17) is 14.2 Å². The van der Waals surface area contributed by atoms with Gasteiger partial charge in [-0.1, -0.05) is 260 Å². The molecule has 0 saturated heterocycles. The van der Waals surface area contributed by atoms with E-state index in [1.165, 1.54) is 154 Å². The summed E-state index contributed by atoms with van der Waals surface area (Å²) in [6.45, 7) is 6.53. The molecule has 1 unspecified atom stereocenters. The first-order valence-electron chi connectivity index (χ1n) is 31.6. The SMILES string of the molecule is CC/C=C\C/C=C\C/C=C\C/C=C\C/C=C\CCCCCCCC(=O)OCC(COC(=O)CCCCCCC/C=C\CCCCCCCCC)OC(=O)CCCCCCCCCCC/C=C\CCCCCCCC. The molecule has 0 aromatic heterocycles. The van der Waals surface area contributed by atoms with Gasteiger partial charge in [0.15, 0.2) is 6.10 Å². The summed E-state index contributed by atoms with van der Waals surface area (Å²) in [7, 11) is 0. The van der Waals surface area contributed by atoms with Gasteiger partial charge in [-0.3, -0.25) is 14.4 Å². The van der Waals surface area contributed by atoms with Gasteiger partial charge in [0.25, 0.3) is 0 Å². The number of esters is 3. The first-order valence-corrected chi connectivity index (χ1v) is 31.6. The summed E-state index contributed by atoms with van der Waals surface area (Å²) >= 11 is 0. The van der Waals surface area contributed by atoms with Crippen molar-refractivity contribution in [3.8, 4) is 0 Å². The normalized spacial score (nSPS) is 12.6. The van der Waals surface area contributed by atoms with Crippen molar-refractivity contribution in [2.75, 3.05) is 13.2 Å². The number of carbonyl (C=O) groups excluding carboxylic acids is 3. The van der Waals surface area contributed by atoms with Gasteiger partial charge >= 0.3 is 17.9 Å². The van der Waals surface area contributed by atoms with Gasteiger partial charge in [-0.05, 0) is 116 Å². The van der Waals surface area contributed by atoms with Gasteiger partial charge in [0.1, 0.15) is 13.2 Å². The van der Waals surface area contributed by atoms with Gasteiger partial charge in [0, 0.05) is 19.3 Å². The van der Waals surface area contributed by atoms with Crippen LogP contribution in [0.5, 0.6) is 0 Å². The Labute approximate surface area is 458 Å². The summed E-state index contributed by atoms with van der Waals surface area (Å²) in [5.74, 6) is -0.904. The Kier molecular flexibility index (Phi) is 59.3. The van der Waals surface area contributed by atoms with Crippen LogP contribution >= 0.6 is 0 Å². The number of unbranched alkanes of at least 4 members (excludes halogenated alkanes) is 32. The summed E-state index contributed by atoms with van der Waals surface area (Å²) in [6, 6.07) is 0. The second-order valence-electron chi connectivity index (χ2n) is 20.9. The molecule has 0 amide bonds. The molecule has 6 heteroatoms. The molecule has 426 valence electrons. The monoisotopic (exact) mass is 1030 g/mol. The molecule has 0 fully saturated rings. The molecule has 0 radical (unpaired) electrons. The first kappa shape index (κ1) is 70.6. The van der Waals surface area contributed by atoms with Gasteiger partial charge in [0.2, 0.25) is 0 Å². The number of carbonyl (C=O) groups is 3. The van der Waals surface area contributed by atoms with E-state index in [-0.39, 0.29) is 31.1 Å². The average Bonchev–Trinajstić information content (AvgIpc) is 3.40. The fourth-order valence-corrected chi connectivity index (χ4v) is 8.87. The van der Waals surface area contributed by atoms with E-state index in [2.05, 4.69) is 106 Å². The van der Waals surface area contributed by atoms with Crippen LogP contribution in [0.2, 0.25) is 0 Å². The predicted molar refractivity (Wildman–Crippen MR) is 321 cm³/mol. The van der Waals surface area contributed by atoms with Crippen LogP contribution in [0.3, 0.4) is 0 Å². The highest BCUT2D eigenvalue weighted by Gasteiger charge is 2.19. The molecule has 0 aliphatic heterocycles. The van der Waals surface area contributed by atoms with Gasteiger partial charge in [-0.15, -0.1) is 0 Å². The Bertz CT molecular complexity index is 1420. The molecule has 0 N–H and O–H groups in total. The smallest absolute Gasteiger partial charge is 0.306 e. The lowest BCUT2D eigenvalue weighted by Gasteiger charge is -2.18. The fraction of sp³-hybridized carbons (Fsp3) is 0.750. The Morgan fingerprint density at radius 1 is 0.284 bits per heavy atom. The minimum Gasteiger partial charge on any atom is -0.462 e. The molecular weight excluding hydrogens is 913 g/mol. The molecule has 0 heterocycles. The Balaban J connectivity index is 4.42. The standard InChI is InChI=1S/C68H118O6/c1-4-7-10-13-16-19-22-25-28-31-33-34-36-37-40-43-46-49-52-55-58-61-67(70)73-64-65(63-72-66(69)60-57-54-51-48-45-42-39-30-27-24-21-18-15-12-9-6-3)74-68(71)62-59-56-53-50-47-44-41-38-35-32-29-26-23-20-17-14-11-8-5-2/h7,10,16,19,25-26,28-30,33-34,37,39-40,65H,4-6,8-9,11-15,17-18,20-24,27,31-32,35-36,38,41-64H2,1-3H3/b10-7-,19-16-,28-25-,29-26-,34-33-,39-30-,40-37-.